The molecule has 0 spiro atoms. The summed E-state index contributed by atoms with van der Waals surface area (Å²) < 4.78 is 10.8. The van der Waals surface area contributed by atoms with Crippen molar-refractivity contribution in [1.82, 2.24) is 20.5 Å². The zero-order valence-electron chi connectivity index (χ0n) is 21.8. The number of nitrogens with zero attached hydrogens (tertiary/aromatic N) is 3. The van der Waals surface area contributed by atoms with Gasteiger partial charge in [0, 0.05) is 24.6 Å². The van der Waals surface area contributed by atoms with E-state index in [1.165, 1.54) is 7.11 Å². The number of likely N-dealkylation sites (N-methyl/N-ethyl adjacent to an activating group) is 1. The number of ether oxygens (including phenoxy) is 2. The molecule has 1 aliphatic rings. The van der Waals surface area contributed by atoms with E-state index in [4.69, 9.17) is 21.7 Å². The maximum Gasteiger partial charge on any atom is 0.337 e. The fourth-order valence-electron chi connectivity index (χ4n) is 4.15. The van der Waals surface area contributed by atoms with Crippen LogP contribution < -0.4 is 15.0 Å². The number of carbonyl (C=O) groups is 2. The standard InChI is InChI=1S/C30H25N5O4S/c1-35-24-16-21(12-11-20-9-6-10-22(15-20)30(37)38-2)13-14-25(24)39-18-23(29(35)40)31-28(36)27-32-26(33-34-27)17-19-7-4-3-5-8-19/h3-10,13-16,23H,17-18H2,1-2H3,(H,31,36)(H,32,33,34)/t23-/m0/s1. The second-order valence-electron chi connectivity index (χ2n) is 9.01. The van der Waals surface area contributed by atoms with Crippen LogP contribution in [-0.2, 0) is 11.2 Å². The van der Waals surface area contributed by atoms with Crippen LogP contribution in [0.15, 0.2) is 72.8 Å². The van der Waals surface area contributed by atoms with Crippen molar-refractivity contribution in [2.75, 3.05) is 25.7 Å². The fraction of sp³-hybridized carbons (Fsp3) is 0.167. The summed E-state index contributed by atoms with van der Waals surface area (Å²) in [7, 11) is 3.16. The highest BCUT2D eigenvalue weighted by Crippen LogP contribution is 2.32. The first-order chi connectivity index (χ1) is 19.4. The molecule has 10 heteroatoms. The summed E-state index contributed by atoms with van der Waals surface area (Å²) in [6.45, 7) is 0.147. The Bertz CT molecular complexity index is 1640. The third kappa shape index (κ3) is 6.00. The normalized spacial score (nSPS) is 14.2. The van der Waals surface area contributed by atoms with E-state index >= 15 is 0 Å². The van der Waals surface area contributed by atoms with E-state index in [9.17, 15) is 9.59 Å². The maximum atomic E-state index is 12.9. The Labute approximate surface area is 236 Å². The monoisotopic (exact) mass is 551 g/mol. The van der Waals surface area contributed by atoms with Gasteiger partial charge in [0.15, 0.2) is 0 Å². The summed E-state index contributed by atoms with van der Waals surface area (Å²) in [5.74, 6) is 6.56. The van der Waals surface area contributed by atoms with Crippen molar-refractivity contribution < 1.29 is 19.1 Å². The van der Waals surface area contributed by atoms with Crippen molar-refractivity contribution in [1.29, 1.82) is 0 Å². The van der Waals surface area contributed by atoms with Gasteiger partial charge in [0.2, 0.25) is 5.82 Å². The molecule has 2 N–H and O–H groups in total. The third-order valence-corrected chi connectivity index (χ3v) is 6.80. The summed E-state index contributed by atoms with van der Waals surface area (Å²) >= 11 is 5.71. The van der Waals surface area contributed by atoms with E-state index in [2.05, 4.69) is 32.3 Å². The van der Waals surface area contributed by atoms with Crippen LogP contribution in [0.2, 0.25) is 0 Å². The number of H-pyrrole nitrogens is 1. The van der Waals surface area contributed by atoms with Crippen molar-refractivity contribution in [2.24, 2.45) is 0 Å². The molecule has 0 saturated heterocycles. The Morgan fingerprint density at radius 2 is 1.88 bits per heavy atom. The highest BCUT2D eigenvalue weighted by Gasteiger charge is 2.29. The number of esters is 1. The van der Waals surface area contributed by atoms with E-state index in [1.54, 1.807) is 23.1 Å². The van der Waals surface area contributed by atoms with E-state index < -0.39 is 17.9 Å². The zero-order chi connectivity index (χ0) is 28.1. The number of amides is 1. The van der Waals surface area contributed by atoms with Crippen LogP contribution in [-0.4, -0.2) is 58.9 Å². The van der Waals surface area contributed by atoms with Gasteiger partial charge >= 0.3 is 5.97 Å². The van der Waals surface area contributed by atoms with Crippen LogP contribution in [0.3, 0.4) is 0 Å². The van der Waals surface area contributed by atoms with Gasteiger partial charge < -0.3 is 19.7 Å². The summed E-state index contributed by atoms with van der Waals surface area (Å²) in [5.41, 5.74) is 3.62. The average molecular weight is 552 g/mol. The molecule has 40 heavy (non-hydrogen) atoms. The van der Waals surface area contributed by atoms with Gasteiger partial charge in [0.05, 0.1) is 18.4 Å². The molecule has 9 nitrogen and oxygen atoms in total. The molecule has 1 aromatic heterocycles. The molecule has 0 unspecified atom stereocenters. The van der Waals surface area contributed by atoms with Crippen molar-refractivity contribution in [2.45, 2.75) is 12.5 Å². The van der Waals surface area contributed by atoms with Crippen molar-refractivity contribution in [3.8, 4) is 17.6 Å². The fourth-order valence-corrected chi connectivity index (χ4v) is 4.38. The number of anilines is 1. The first kappa shape index (κ1) is 26.6. The van der Waals surface area contributed by atoms with Crippen LogP contribution in [0, 0.1) is 11.8 Å². The topological polar surface area (TPSA) is 109 Å². The number of rotatable bonds is 5. The Hall–Kier alpha value is -5.01. The summed E-state index contributed by atoms with van der Waals surface area (Å²) in [6.07, 6.45) is 0.534. The molecule has 1 amide bonds. The van der Waals surface area contributed by atoms with Gasteiger partial charge in [-0.1, -0.05) is 60.5 Å². The van der Waals surface area contributed by atoms with Gasteiger partial charge in [0.25, 0.3) is 5.91 Å². The summed E-state index contributed by atoms with van der Waals surface area (Å²) in [4.78, 5) is 31.4. The van der Waals surface area contributed by atoms with E-state index in [0.717, 1.165) is 16.8 Å². The van der Waals surface area contributed by atoms with Gasteiger partial charge in [-0.05, 0) is 42.0 Å². The minimum atomic E-state index is -0.577. The van der Waals surface area contributed by atoms with Crippen LogP contribution in [0.1, 0.15) is 43.5 Å². The Balaban J connectivity index is 1.27. The second-order valence-corrected chi connectivity index (χ2v) is 9.43. The lowest BCUT2D eigenvalue weighted by atomic mass is 10.1. The first-order valence-corrected chi connectivity index (χ1v) is 12.8. The number of nitrogens with one attached hydrogen (secondary N) is 2. The number of benzene rings is 3. The first-order valence-electron chi connectivity index (χ1n) is 12.4. The number of hydrogen-bond donors (Lipinski definition) is 2. The minimum absolute atomic E-state index is 0.0342. The Morgan fingerprint density at radius 1 is 1.10 bits per heavy atom. The highest BCUT2D eigenvalue weighted by atomic mass is 32.1. The van der Waals surface area contributed by atoms with Gasteiger partial charge in [-0.3, -0.25) is 9.89 Å². The molecule has 1 aliphatic heterocycles. The number of thiocarbonyl (C=S) groups is 1. The molecule has 0 fully saturated rings. The van der Waals surface area contributed by atoms with Crippen molar-refractivity contribution in [3.05, 3.63) is 107 Å². The van der Waals surface area contributed by atoms with Crippen LogP contribution in [0.4, 0.5) is 5.69 Å². The number of aromatic amines is 1. The lowest BCUT2D eigenvalue weighted by Gasteiger charge is -2.23. The molecule has 0 aliphatic carbocycles. The predicted molar refractivity (Wildman–Crippen MR) is 154 cm³/mol. The average Bonchev–Trinajstić information content (AvgIpc) is 3.42. The van der Waals surface area contributed by atoms with Gasteiger partial charge in [-0.15, -0.1) is 5.10 Å². The molecule has 0 saturated carbocycles. The molecule has 5 rings (SSSR count). The third-order valence-electron chi connectivity index (χ3n) is 6.24. The van der Waals surface area contributed by atoms with Crippen molar-refractivity contribution >= 4 is 34.8 Å². The lowest BCUT2D eigenvalue weighted by Crippen LogP contribution is -2.48. The van der Waals surface area contributed by atoms with E-state index in [1.807, 2.05) is 61.6 Å². The van der Waals surface area contributed by atoms with Gasteiger partial charge in [0.1, 0.15) is 29.2 Å². The highest BCUT2D eigenvalue weighted by molar-refractivity contribution is 7.80. The molecule has 0 bridgehead atoms. The quantitative estimate of drug-likeness (QED) is 0.220. The number of aromatic nitrogens is 3. The number of fused-ring (bicyclic) bond motifs is 1. The number of methoxy groups -OCH3 is 1. The van der Waals surface area contributed by atoms with E-state index in [0.29, 0.717) is 34.1 Å². The number of carbonyl (C=O) groups excluding carboxylic acids is 2. The predicted octanol–water partition coefficient (Wildman–Crippen LogP) is 3.54. The molecule has 4 aromatic rings. The number of hydrogen-bond acceptors (Lipinski definition) is 7. The molecular weight excluding hydrogens is 526 g/mol. The van der Waals surface area contributed by atoms with Crippen LogP contribution in [0.25, 0.3) is 0 Å². The van der Waals surface area contributed by atoms with Crippen molar-refractivity contribution in [3.63, 3.8) is 0 Å². The SMILES string of the molecule is COC(=O)c1cccc(C#Cc2ccc3c(c2)N(C)C(=S)[C@@H](NC(=O)c2n[nH]c(Cc4ccccc4)n2)CO3)c1. The Kier molecular flexibility index (Phi) is 7.84. The Morgan fingerprint density at radius 3 is 2.65 bits per heavy atom. The smallest absolute Gasteiger partial charge is 0.337 e. The molecule has 3 aromatic carbocycles. The van der Waals surface area contributed by atoms with E-state index in [-0.39, 0.29) is 12.4 Å². The summed E-state index contributed by atoms with van der Waals surface area (Å²) in [6, 6.07) is 21.7. The second kappa shape index (κ2) is 11.8. The van der Waals surface area contributed by atoms with Crippen LogP contribution in [0.5, 0.6) is 5.75 Å². The lowest BCUT2D eigenvalue weighted by molar-refractivity contribution is 0.0600. The zero-order valence-corrected chi connectivity index (χ0v) is 22.6. The minimum Gasteiger partial charge on any atom is -0.489 e. The summed E-state index contributed by atoms with van der Waals surface area (Å²) in [5, 5.41) is 9.79. The molecular formula is C30H25N5O4S. The maximum absolute atomic E-state index is 12.9. The molecule has 200 valence electrons. The van der Waals surface area contributed by atoms with Gasteiger partial charge in [-0.25, -0.2) is 9.78 Å². The molecule has 2 heterocycles. The van der Waals surface area contributed by atoms with Crippen LogP contribution >= 0.6 is 12.2 Å². The molecule has 1 atom stereocenters. The molecule has 0 radical (unpaired) electrons. The van der Waals surface area contributed by atoms with Gasteiger partial charge in [-0.2, -0.15) is 0 Å². The largest absolute Gasteiger partial charge is 0.489 e.